The molecule has 0 spiro atoms. The Morgan fingerprint density at radius 1 is 0.710 bits per heavy atom. The number of hydrazone groups is 2. The molecule has 0 unspecified atom stereocenters. The maximum Gasteiger partial charge on any atom is 0.240 e. The number of hydrogen-bond acceptors (Lipinski definition) is 4. The van der Waals surface area contributed by atoms with Crippen molar-refractivity contribution < 1.29 is 9.59 Å². The van der Waals surface area contributed by atoms with Crippen LogP contribution in [0.5, 0.6) is 0 Å². The Balaban J connectivity index is 1.60. The number of hydrogen-bond donors (Lipinski definition) is 2. The number of nitrogens with zero attached hydrogens (tertiary/aromatic N) is 2. The van der Waals surface area contributed by atoms with Gasteiger partial charge in [0.1, 0.15) is 0 Å². The summed E-state index contributed by atoms with van der Waals surface area (Å²) < 4.78 is 0. The average Bonchev–Trinajstić information content (AvgIpc) is 2.74. The number of amides is 2. The zero-order chi connectivity index (χ0) is 22.6. The Kier molecular flexibility index (Phi) is 10.8. The Morgan fingerprint density at radius 2 is 1.13 bits per heavy atom. The maximum absolute atomic E-state index is 11.8. The van der Waals surface area contributed by atoms with Crippen molar-refractivity contribution in [3.8, 4) is 0 Å². The zero-order valence-corrected chi connectivity index (χ0v) is 19.4. The monoisotopic (exact) mass is 500 g/mol. The second kappa shape index (κ2) is 13.3. The average molecular weight is 502 g/mol. The van der Waals surface area contributed by atoms with Gasteiger partial charge in [-0.2, -0.15) is 10.2 Å². The van der Waals surface area contributed by atoms with Crippen molar-refractivity contribution >= 4 is 70.6 Å². The molecule has 0 aliphatic heterocycles. The van der Waals surface area contributed by atoms with Gasteiger partial charge in [-0.05, 0) is 25.0 Å². The minimum Gasteiger partial charge on any atom is -0.273 e. The molecule has 0 atom stereocenters. The van der Waals surface area contributed by atoms with Gasteiger partial charge in [-0.15, -0.1) is 0 Å². The van der Waals surface area contributed by atoms with Gasteiger partial charge in [0.25, 0.3) is 0 Å². The predicted molar refractivity (Wildman–Crippen MR) is 127 cm³/mol. The molecular weight excluding hydrogens is 482 g/mol. The number of unbranched alkanes of at least 4 members (excludes halogenated alkanes) is 2. The second-order valence-corrected chi connectivity index (χ2v) is 8.00. The van der Waals surface area contributed by atoms with Gasteiger partial charge >= 0.3 is 0 Å². The first kappa shape index (κ1) is 25.1. The van der Waals surface area contributed by atoms with E-state index in [1.807, 2.05) is 0 Å². The van der Waals surface area contributed by atoms with Crippen LogP contribution in [0.3, 0.4) is 0 Å². The van der Waals surface area contributed by atoms with Crippen molar-refractivity contribution in [2.45, 2.75) is 32.1 Å². The van der Waals surface area contributed by atoms with E-state index in [1.165, 1.54) is 12.4 Å². The molecule has 0 saturated carbocycles. The Morgan fingerprint density at radius 3 is 1.55 bits per heavy atom. The Hall–Kier alpha value is -2.12. The second-order valence-electron chi connectivity index (χ2n) is 6.43. The summed E-state index contributed by atoms with van der Waals surface area (Å²) >= 11 is 23.9. The van der Waals surface area contributed by atoms with Crippen LogP contribution in [0.15, 0.2) is 46.6 Å². The summed E-state index contributed by atoms with van der Waals surface area (Å²) in [5.74, 6) is -0.441. The topological polar surface area (TPSA) is 82.9 Å². The normalized spacial score (nSPS) is 11.2. The highest BCUT2D eigenvalue weighted by molar-refractivity contribution is 6.44. The molecule has 164 valence electrons. The highest BCUT2D eigenvalue weighted by Crippen LogP contribution is 2.24. The smallest absolute Gasteiger partial charge is 0.240 e. The van der Waals surface area contributed by atoms with Crippen molar-refractivity contribution in [3.63, 3.8) is 0 Å². The van der Waals surface area contributed by atoms with Crippen LogP contribution in [0.25, 0.3) is 0 Å². The van der Waals surface area contributed by atoms with Gasteiger partial charge < -0.3 is 0 Å². The largest absolute Gasteiger partial charge is 0.273 e. The number of carbonyl (C=O) groups excluding carboxylic acids is 2. The van der Waals surface area contributed by atoms with E-state index >= 15 is 0 Å². The summed E-state index contributed by atoms with van der Waals surface area (Å²) in [7, 11) is 0. The van der Waals surface area contributed by atoms with Gasteiger partial charge in [0.05, 0.1) is 32.5 Å². The Labute approximate surface area is 200 Å². The predicted octanol–water partition coefficient (Wildman–Crippen LogP) is 5.85. The highest BCUT2D eigenvalue weighted by atomic mass is 35.5. The quantitative estimate of drug-likeness (QED) is 0.243. The summed E-state index contributed by atoms with van der Waals surface area (Å²) in [5.41, 5.74) is 6.10. The molecule has 0 radical (unpaired) electrons. The molecule has 6 nitrogen and oxygen atoms in total. The third-order valence-corrected chi connectivity index (χ3v) is 5.72. The summed E-state index contributed by atoms with van der Waals surface area (Å²) in [6.07, 6.45) is 5.46. The van der Waals surface area contributed by atoms with E-state index in [0.717, 1.165) is 0 Å². The minimum absolute atomic E-state index is 0.221. The Bertz CT molecular complexity index is 902. The summed E-state index contributed by atoms with van der Waals surface area (Å²) in [4.78, 5) is 23.6. The first-order chi connectivity index (χ1) is 14.9. The SMILES string of the molecule is O=C(CCCCCC(=O)NN=Cc1cccc(Cl)c1Cl)NN=Cc1cccc(Cl)c1Cl. The molecule has 0 heterocycles. The van der Waals surface area contributed by atoms with E-state index in [-0.39, 0.29) is 11.8 Å². The highest BCUT2D eigenvalue weighted by Gasteiger charge is 2.05. The molecule has 31 heavy (non-hydrogen) atoms. The van der Waals surface area contributed by atoms with Gasteiger partial charge in [-0.25, -0.2) is 10.9 Å². The zero-order valence-electron chi connectivity index (χ0n) is 16.4. The van der Waals surface area contributed by atoms with Crippen LogP contribution in [0.2, 0.25) is 20.1 Å². The van der Waals surface area contributed by atoms with Crippen molar-refractivity contribution in [1.82, 2.24) is 10.9 Å². The minimum atomic E-state index is -0.221. The third-order valence-electron chi connectivity index (χ3n) is 4.06. The van der Waals surface area contributed by atoms with E-state index in [0.29, 0.717) is 63.3 Å². The molecular formula is C21H20Cl4N4O2. The van der Waals surface area contributed by atoms with Gasteiger partial charge in [0, 0.05) is 24.0 Å². The van der Waals surface area contributed by atoms with Crippen LogP contribution >= 0.6 is 46.4 Å². The number of carbonyl (C=O) groups is 2. The molecule has 0 aliphatic carbocycles. The fourth-order valence-electron chi connectivity index (χ4n) is 2.45. The van der Waals surface area contributed by atoms with E-state index in [1.54, 1.807) is 36.4 Å². The first-order valence-electron chi connectivity index (χ1n) is 9.40. The van der Waals surface area contributed by atoms with E-state index in [4.69, 9.17) is 46.4 Å². The van der Waals surface area contributed by atoms with Crippen LogP contribution < -0.4 is 10.9 Å². The van der Waals surface area contributed by atoms with Crippen molar-refractivity contribution in [3.05, 3.63) is 67.6 Å². The van der Waals surface area contributed by atoms with Crippen molar-refractivity contribution in [2.24, 2.45) is 10.2 Å². The number of halogens is 4. The molecule has 2 rings (SSSR count). The van der Waals surface area contributed by atoms with E-state index < -0.39 is 0 Å². The fraction of sp³-hybridized carbons (Fsp3) is 0.238. The van der Waals surface area contributed by atoms with Crippen molar-refractivity contribution in [2.75, 3.05) is 0 Å². The van der Waals surface area contributed by atoms with Crippen molar-refractivity contribution in [1.29, 1.82) is 0 Å². The van der Waals surface area contributed by atoms with Crippen LogP contribution in [0.1, 0.15) is 43.2 Å². The number of rotatable bonds is 10. The summed E-state index contributed by atoms with van der Waals surface area (Å²) in [5, 5.41) is 9.34. The fourth-order valence-corrected chi connectivity index (χ4v) is 3.16. The van der Waals surface area contributed by atoms with Gasteiger partial charge in [0.15, 0.2) is 0 Å². The number of benzene rings is 2. The lowest BCUT2D eigenvalue weighted by Gasteiger charge is -2.02. The van der Waals surface area contributed by atoms with Gasteiger partial charge in [0.2, 0.25) is 11.8 Å². The maximum atomic E-state index is 11.8. The molecule has 2 aromatic carbocycles. The molecule has 0 aliphatic rings. The molecule has 10 heteroatoms. The van der Waals surface area contributed by atoms with Crippen LogP contribution in [-0.4, -0.2) is 24.2 Å². The molecule has 2 aromatic rings. The molecule has 2 N–H and O–H groups in total. The van der Waals surface area contributed by atoms with Crippen LogP contribution in [0, 0.1) is 0 Å². The van der Waals surface area contributed by atoms with E-state index in [9.17, 15) is 9.59 Å². The molecule has 0 bridgehead atoms. The van der Waals surface area contributed by atoms with Gasteiger partial charge in [-0.3, -0.25) is 9.59 Å². The first-order valence-corrected chi connectivity index (χ1v) is 10.9. The standard InChI is InChI=1S/C21H20Cl4N4O2/c22-16-8-4-6-14(20(16)24)12-26-28-18(30)10-2-1-3-11-19(31)29-27-13-15-7-5-9-17(23)21(15)25/h4-9,12-13H,1-3,10-11H2,(H,28,30)(H,29,31). The van der Waals surface area contributed by atoms with E-state index in [2.05, 4.69) is 21.1 Å². The molecule has 0 aromatic heterocycles. The van der Waals surface area contributed by atoms with Crippen LogP contribution in [-0.2, 0) is 9.59 Å². The molecule has 0 saturated heterocycles. The van der Waals surface area contributed by atoms with Gasteiger partial charge in [-0.1, -0.05) is 77.1 Å². The number of nitrogens with one attached hydrogen (secondary N) is 2. The molecule has 0 fully saturated rings. The summed E-state index contributed by atoms with van der Waals surface area (Å²) in [6, 6.07) is 10.3. The summed E-state index contributed by atoms with van der Waals surface area (Å²) in [6.45, 7) is 0. The lowest BCUT2D eigenvalue weighted by Crippen LogP contribution is -2.18. The van der Waals surface area contributed by atoms with Crippen LogP contribution in [0.4, 0.5) is 0 Å². The lowest BCUT2D eigenvalue weighted by molar-refractivity contribution is -0.121. The third kappa shape index (κ3) is 8.87. The molecule has 2 amide bonds. The lowest BCUT2D eigenvalue weighted by atomic mass is 10.1.